The molecule has 1 aromatic carbocycles. The highest BCUT2D eigenvalue weighted by molar-refractivity contribution is 6.30. The number of aromatic nitrogens is 5. The highest BCUT2D eigenvalue weighted by Gasteiger charge is 2.22. The quantitative estimate of drug-likeness (QED) is 0.492. The fourth-order valence-corrected chi connectivity index (χ4v) is 3.58. The van der Waals surface area contributed by atoms with Gasteiger partial charge in [0.1, 0.15) is 0 Å². The Balaban J connectivity index is 1.96. The second kappa shape index (κ2) is 6.20. The summed E-state index contributed by atoms with van der Waals surface area (Å²) in [7, 11) is 3.01. The van der Waals surface area contributed by atoms with Crippen molar-refractivity contribution in [1.29, 1.82) is 0 Å². The van der Waals surface area contributed by atoms with Gasteiger partial charge < -0.3 is 4.57 Å². The second-order valence-electron chi connectivity index (χ2n) is 6.81. The number of Topliss-reactive ketones (excluding diaryl/α,β-unsaturated/α-hetero) is 1. The van der Waals surface area contributed by atoms with Gasteiger partial charge in [-0.2, -0.15) is 4.98 Å². The number of rotatable bonds is 3. The van der Waals surface area contributed by atoms with E-state index in [0.717, 1.165) is 16.0 Å². The Morgan fingerprint density at radius 1 is 1.04 bits per heavy atom. The molecule has 28 heavy (non-hydrogen) atoms. The number of nitrogens with zero attached hydrogens (tertiary/aromatic N) is 5. The zero-order valence-electron chi connectivity index (χ0n) is 15.9. The molecule has 0 amide bonds. The first kappa shape index (κ1) is 18.2. The van der Waals surface area contributed by atoms with Crippen molar-refractivity contribution in [1.82, 2.24) is 23.1 Å². The van der Waals surface area contributed by atoms with Crippen LogP contribution in [0.5, 0.6) is 0 Å². The van der Waals surface area contributed by atoms with Gasteiger partial charge in [-0.25, -0.2) is 4.79 Å². The Labute approximate surface area is 164 Å². The third-order valence-electron chi connectivity index (χ3n) is 5.21. The third-order valence-corrected chi connectivity index (χ3v) is 5.47. The number of ketones is 1. The van der Waals surface area contributed by atoms with Crippen molar-refractivity contribution in [3.05, 3.63) is 67.1 Å². The molecule has 0 unspecified atom stereocenters. The van der Waals surface area contributed by atoms with Crippen LogP contribution in [0.1, 0.15) is 21.7 Å². The van der Waals surface area contributed by atoms with E-state index in [2.05, 4.69) is 4.98 Å². The minimum absolute atomic E-state index is 0.0579. The van der Waals surface area contributed by atoms with E-state index in [1.807, 2.05) is 13.8 Å². The van der Waals surface area contributed by atoms with Gasteiger partial charge in [0.05, 0.1) is 6.54 Å². The van der Waals surface area contributed by atoms with Crippen LogP contribution in [0, 0.1) is 13.8 Å². The smallest absolute Gasteiger partial charge is 0.306 e. The van der Waals surface area contributed by atoms with Gasteiger partial charge in [0, 0.05) is 36.1 Å². The molecule has 0 saturated heterocycles. The maximum atomic E-state index is 12.8. The summed E-state index contributed by atoms with van der Waals surface area (Å²) >= 11 is 5.89. The summed E-state index contributed by atoms with van der Waals surface area (Å²) in [5, 5.41) is 0.559. The third kappa shape index (κ3) is 2.45. The Kier molecular flexibility index (Phi) is 4.04. The monoisotopic (exact) mass is 399 g/mol. The number of fused-ring (bicyclic) bond motifs is 3. The molecule has 4 rings (SSSR count). The summed E-state index contributed by atoms with van der Waals surface area (Å²) in [5.74, 6) is 0.344. The minimum Gasteiger partial charge on any atom is -0.306 e. The van der Waals surface area contributed by atoms with E-state index in [1.165, 1.54) is 11.6 Å². The minimum atomic E-state index is -0.448. The molecular weight excluding hydrogens is 382 g/mol. The first-order valence-corrected chi connectivity index (χ1v) is 9.02. The van der Waals surface area contributed by atoms with Crippen LogP contribution in [-0.2, 0) is 20.6 Å². The van der Waals surface area contributed by atoms with Gasteiger partial charge >= 0.3 is 5.69 Å². The second-order valence-corrected chi connectivity index (χ2v) is 7.25. The van der Waals surface area contributed by atoms with Gasteiger partial charge in [-0.3, -0.25) is 23.1 Å². The number of benzene rings is 1. The lowest BCUT2D eigenvalue weighted by atomic mass is 10.1. The van der Waals surface area contributed by atoms with Crippen molar-refractivity contribution in [2.45, 2.75) is 20.4 Å². The van der Waals surface area contributed by atoms with E-state index in [0.29, 0.717) is 27.5 Å². The maximum absolute atomic E-state index is 12.8. The highest BCUT2D eigenvalue weighted by atomic mass is 35.5. The average molecular weight is 400 g/mol. The Morgan fingerprint density at radius 3 is 2.32 bits per heavy atom. The molecule has 4 aromatic rings. The van der Waals surface area contributed by atoms with Crippen LogP contribution in [0.3, 0.4) is 0 Å². The van der Waals surface area contributed by atoms with Crippen molar-refractivity contribution < 1.29 is 4.79 Å². The lowest BCUT2D eigenvalue weighted by Gasteiger charge is -2.06. The first-order valence-electron chi connectivity index (χ1n) is 8.65. The normalized spacial score (nSPS) is 11.6. The highest BCUT2D eigenvalue weighted by Crippen LogP contribution is 2.21. The molecule has 0 fully saturated rings. The van der Waals surface area contributed by atoms with Crippen molar-refractivity contribution in [2.24, 2.45) is 14.1 Å². The fraction of sp³-hybridized carbons (Fsp3) is 0.263. The molecule has 0 aliphatic rings. The van der Waals surface area contributed by atoms with Crippen molar-refractivity contribution in [2.75, 3.05) is 0 Å². The molecule has 0 spiro atoms. The molecule has 0 aliphatic heterocycles. The summed E-state index contributed by atoms with van der Waals surface area (Å²) in [6, 6.07) is 6.69. The summed E-state index contributed by atoms with van der Waals surface area (Å²) in [4.78, 5) is 42.2. The zero-order valence-corrected chi connectivity index (χ0v) is 16.6. The number of hydrogen-bond acceptors (Lipinski definition) is 4. The average Bonchev–Trinajstić information content (AvgIpc) is 3.17. The van der Waals surface area contributed by atoms with Gasteiger partial charge in [-0.1, -0.05) is 11.6 Å². The molecule has 0 bridgehead atoms. The molecule has 0 N–H and O–H groups in total. The summed E-state index contributed by atoms with van der Waals surface area (Å²) < 4.78 is 5.86. The van der Waals surface area contributed by atoms with E-state index < -0.39 is 11.2 Å². The van der Waals surface area contributed by atoms with Gasteiger partial charge in [-0.05, 0) is 38.1 Å². The van der Waals surface area contributed by atoms with Crippen molar-refractivity contribution in [3.63, 3.8) is 0 Å². The van der Waals surface area contributed by atoms with E-state index >= 15 is 0 Å². The van der Waals surface area contributed by atoms with Crippen LogP contribution >= 0.6 is 11.6 Å². The lowest BCUT2D eigenvalue weighted by Crippen LogP contribution is -2.37. The van der Waals surface area contributed by atoms with Crippen LogP contribution in [0.15, 0.2) is 33.9 Å². The lowest BCUT2D eigenvalue weighted by molar-refractivity contribution is 0.0972. The predicted molar refractivity (Wildman–Crippen MR) is 106 cm³/mol. The number of hydrogen-bond donors (Lipinski definition) is 0. The van der Waals surface area contributed by atoms with E-state index in [4.69, 9.17) is 11.6 Å². The summed E-state index contributed by atoms with van der Waals surface area (Å²) in [5.41, 5.74) is 1.88. The van der Waals surface area contributed by atoms with Gasteiger partial charge in [-0.15, -0.1) is 0 Å². The van der Waals surface area contributed by atoms with Crippen LogP contribution in [0.25, 0.3) is 16.9 Å². The van der Waals surface area contributed by atoms with E-state index in [-0.39, 0.29) is 12.3 Å². The van der Waals surface area contributed by atoms with Crippen molar-refractivity contribution in [3.8, 4) is 0 Å². The molecule has 0 aliphatic carbocycles. The Morgan fingerprint density at radius 2 is 1.68 bits per heavy atom. The van der Waals surface area contributed by atoms with Crippen LogP contribution in [-0.4, -0.2) is 28.9 Å². The van der Waals surface area contributed by atoms with Crippen molar-refractivity contribution >= 4 is 34.3 Å². The summed E-state index contributed by atoms with van der Waals surface area (Å²) in [6.07, 6.45) is 0. The number of carbonyl (C=O) groups excluding carboxylic acids is 1. The molecule has 0 atom stereocenters. The molecule has 3 aromatic heterocycles. The number of aryl methyl sites for hydroxylation is 2. The maximum Gasteiger partial charge on any atom is 0.332 e. The molecule has 144 valence electrons. The molecule has 3 heterocycles. The zero-order chi connectivity index (χ0) is 20.3. The topological polar surface area (TPSA) is 83.3 Å². The van der Waals surface area contributed by atoms with E-state index in [9.17, 15) is 14.4 Å². The Bertz CT molecular complexity index is 1390. The molecule has 0 radical (unpaired) electrons. The SMILES string of the molecule is Cc1c(C)n2c3c(=O)n(C)c(=O)n(C)c3nc2n1CC(=O)c1ccc(Cl)cc1. The fourth-order valence-electron chi connectivity index (χ4n) is 3.45. The summed E-state index contributed by atoms with van der Waals surface area (Å²) in [6.45, 7) is 3.79. The number of imidazole rings is 2. The van der Waals surface area contributed by atoms with Gasteiger partial charge in [0.15, 0.2) is 16.9 Å². The molecule has 9 heteroatoms. The van der Waals surface area contributed by atoms with Crippen LogP contribution in [0.2, 0.25) is 5.02 Å². The molecule has 0 saturated carbocycles. The van der Waals surface area contributed by atoms with Gasteiger partial charge in [0.2, 0.25) is 5.78 Å². The molecule has 8 nitrogen and oxygen atoms in total. The largest absolute Gasteiger partial charge is 0.332 e. The standard InChI is InChI=1S/C19H18ClN5O3/c1-10-11(2)25-15-16(22(3)19(28)23(4)17(15)27)21-18(25)24(10)9-14(26)12-5-7-13(20)8-6-12/h5-8H,9H2,1-4H3. The Hall–Kier alpha value is -3.13. The number of halogens is 1. The van der Waals surface area contributed by atoms with Crippen LogP contribution in [0.4, 0.5) is 0 Å². The number of carbonyl (C=O) groups is 1. The predicted octanol–water partition coefficient (Wildman–Crippen LogP) is 1.84. The first-order chi connectivity index (χ1) is 13.2. The van der Waals surface area contributed by atoms with E-state index in [1.54, 1.807) is 40.3 Å². The van der Waals surface area contributed by atoms with Gasteiger partial charge in [0.25, 0.3) is 5.56 Å². The van der Waals surface area contributed by atoms with Crippen LogP contribution < -0.4 is 11.2 Å². The molecular formula is C19H18ClN5O3.